The van der Waals surface area contributed by atoms with Gasteiger partial charge in [0.2, 0.25) is 11.8 Å². The first-order chi connectivity index (χ1) is 17.6. The summed E-state index contributed by atoms with van der Waals surface area (Å²) in [6.07, 6.45) is 4.52. The number of unbranched alkanes of at least 4 members (excludes halogenated alkanes) is 1. The largest absolute Gasteiger partial charge is 0.496 e. The Balaban J connectivity index is 1.35. The van der Waals surface area contributed by atoms with Gasteiger partial charge in [-0.15, -0.1) is 0 Å². The number of rotatable bonds is 7. The third-order valence-electron chi connectivity index (χ3n) is 7.70. The number of ether oxygens (including phenoxy) is 1. The molecule has 2 saturated heterocycles. The highest BCUT2D eigenvalue weighted by Gasteiger charge is 2.43. The second-order valence-electron chi connectivity index (χ2n) is 9.89. The van der Waals surface area contributed by atoms with E-state index >= 15 is 0 Å². The zero-order valence-corrected chi connectivity index (χ0v) is 21.2. The van der Waals surface area contributed by atoms with Crippen molar-refractivity contribution in [2.24, 2.45) is 5.92 Å². The third-order valence-corrected chi connectivity index (χ3v) is 7.70. The zero-order valence-electron chi connectivity index (χ0n) is 21.2. The van der Waals surface area contributed by atoms with Gasteiger partial charge < -0.3 is 19.0 Å². The predicted molar refractivity (Wildman–Crippen MR) is 138 cm³/mol. The van der Waals surface area contributed by atoms with Gasteiger partial charge >= 0.3 is 0 Å². The van der Waals surface area contributed by atoms with Gasteiger partial charge in [0.1, 0.15) is 11.3 Å². The van der Waals surface area contributed by atoms with Crippen molar-refractivity contribution >= 4 is 22.9 Å². The number of piperidine rings is 2. The topological polar surface area (TPSA) is 75.9 Å². The summed E-state index contributed by atoms with van der Waals surface area (Å²) in [7, 11) is 1.65. The summed E-state index contributed by atoms with van der Waals surface area (Å²) in [6.45, 7) is 4.11. The van der Waals surface area contributed by atoms with E-state index in [2.05, 4.69) is 11.9 Å². The lowest BCUT2D eigenvalue weighted by molar-refractivity contribution is -0.148. The van der Waals surface area contributed by atoms with Crippen molar-refractivity contribution in [2.75, 3.05) is 26.7 Å². The second-order valence-corrected chi connectivity index (χ2v) is 9.89. The number of carbonyl (C=O) groups is 2. The van der Waals surface area contributed by atoms with E-state index in [0.717, 1.165) is 54.0 Å². The SMILES string of the molecule is CCCCN1C(=O)CCC(C(=O)N2CCC(c3nc4ccccc4o3)CC2)C1c1ccccc1OC. The van der Waals surface area contributed by atoms with Gasteiger partial charge in [-0.2, -0.15) is 0 Å². The number of aromatic nitrogens is 1. The molecule has 2 unspecified atom stereocenters. The monoisotopic (exact) mass is 489 g/mol. The van der Waals surface area contributed by atoms with Crippen LogP contribution in [0.2, 0.25) is 0 Å². The van der Waals surface area contributed by atoms with Crippen molar-refractivity contribution in [1.82, 2.24) is 14.8 Å². The van der Waals surface area contributed by atoms with E-state index in [1.807, 2.05) is 58.3 Å². The first kappa shape index (κ1) is 24.3. The van der Waals surface area contributed by atoms with Crippen LogP contribution in [0.25, 0.3) is 11.1 Å². The van der Waals surface area contributed by atoms with Gasteiger partial charge in [0, 0.05) is 37.5 Å². The lowest BCUT2D eigenvalue weighted by atomic mass is 9.82. The Kier molecular flexibility index (Phi) is 7.25. The van der Waals surface area contributed by atoms with E-state index in [9.17, 15) is 9.59 Å². The lowest BCUT2D eigenvalue weighted by Crippen LogP contribution is -2.50. The molecule has 1 aromatic heterocycles. The summed E-state index contributed by atoms with van der Waals surface area (Å²) >= 11 is 0. The van der Waals surface area contributed by atoms with E-state index in [0.29, 0.717) is 32.5 Å². The molecule has 2 fully saturated rings. The summed E-state index contributed by atoms with van der Waals surface area (Å²) in [4.78, 5) is 35.6. The molecule has 2 aliphatic heterocycles. The Morgan fingerprint density at radius 1 is 1.08 bits per heavy atom. The first-order valence-electron chi connectivity index (χ1n) is 13.2. The van der Waals surface area contributed by atoms with Crippen LogP contribution in [-0.2, 0) is 9.59 Å². The van der Waals surface area contributed by atoms with Gasteiger partial charge in [-0.25, -0.2) is 4.98 Å². The Labute approximate surface area is 212 Å². The number of hydrogen-bond donors (Lipinski definition) is 0. The van der Waals surface area contributed by atoms with Crippen molar-refractivity contribution in [3.05, 3.63) is 60.0 Å². The summed E-state index contributed by atoms with van der Waals surface area (Å²) in [5.74, 6) is 1.68. The smallest absolute Gasteiger partial charge is 0.228 e. The van der Waals surface area contributed by atoms with Gasteiger partial charge in [-0.05, 0) is 43.9 Å². The minimum Gasteiger partial charge on any atom is -0.496 e. The molecular formula is C29H35N3O4. The molecule has 0 saturated carbocycles. The number of methoxy groups -OCH3 is 1. The average molecular weight is 490 g/mol. The molecule has 2 aromatic carbocycles. The van der Waals surface area contributed by atoms with Crippen LogP contribution in [0.1, 0.15) is 68.9 Å². The number of likely N-dealkylation sites (tertiary alicyclic amines) is 2. The molecule has 2 atom stereocenters. The number of benzene rings is 2. The molecule has 0 aliphatic carbocycles. The van der Waals surface area contributed by atoms with Crippen LogP contribution in [0, 0.1) is 5.92 Å². The number of fused-ring (bicyclic) bond motifs is 1. The Morgan fingerprint density at radius 3 is 2.58 bits per heavy atom. The first-order valence-corrected chi connectivity index (χ1v) is 13.2. The fourth-order valence-corrected chi connectivity index (χ4v) is 5.74. The fraction of sp³-hybridized carbons (Fsp3) is 0.483. The highest BCUT2D eigenvalue weighted by atomic mass is 16.5. The number of amides is 2. The summed E-state index contributed by atoms with van der Waals surface area (Å²) in [5.41, 5.74) is 2.61. The quantitative estimate of drug-likeness (QED) is 0.449. The molecule has 0 bridgehead atoms. The Hall–Kier alpha value is -3.35. The predicted octanol–water partition coefficient (Wildman–Crippen LogP) is 5.32. The van der Waals surface area contributed by atoms with Gasteiger partial charge in [-0.3, -0.25) is 9.59 Å². The van der Waals surface area contributed by atoms with Crippen molar-refractivity contribution < 1.29 is 18.7 Å². The van der Waals surface area contributed by atoms with Gasteiger partial charge in [0.25, 0.3) is 0 Å². The van der Waals surface area contributed by atoms with Crippen molar-refractivity contribution in [2.45, 2.75) is 57.4 Å². The summed E-state index contributed by atoms with van der Waals surface area (Å²) in [6, 6.07) is 15.3. The van der Waals surface area contributed by atoms with Crippen LogP contribution < -0.4 is 4.74 Å². The maximum Gasteiger partial charge on any atom is 0.228 e. The molecule has 2 aliphatic rings. The van der Waals surface area contributed by atoms with E-state index in [4.69, 9.17) is 9.15 Å². The van der Waals surface area contributed by atoms with Gasteiger partial charge in [0.15, 0.2) is 11.5 Å². The van der Waals surface area contributed by atoms with Crippen LogP contribution in [0.15, 0.2) is 52.9 Å². The van der Waals surface area contributed by atoms with E-state index in [1.54, 1.807) is 7.11 Å². The van der Waals surface area contributed by atoms with Crippen LogP contribution in [-0.4, -0.2) is 53.3 Å². The molecule has 190 valence electrons. The number of hydrogen-bond acceptors (Lipinski definition) is 5. The van der Waals surface area contributed by atoms with Crippen molar-refractivity contribution in [3.63, 3.8) is 0 Å². The summed E-state index contributed by atoms with van der Waals surface area (Å²) < 4.78 is 11.7. The van der Waals surface area contributed by atoms with Crippen molar-refractivity contribution in [3.8, 4) is 5.75 Å². The van der Waals surface area contributed by atoms with Crippen LogP contribution in [0.5, 0.6) is 5.75 Å². The molecule has 5 rings (SSSR count). The van der Waals surface area contributed by atoms with Crippen LogP contribution in [0.4, 0.5) is 0 Å². The molecule has 0 spiro atoms. The summed E-state index contributed by atoms with van der Waals surface area (Å²) in [5, 5.41) is 0. The fourth-order valence-electron chi connectivity index (χ4n) is 5.74. The molecule has 0 radical (unpaired) electrons. The highest BCUT2D eigenvalue weighted by Crippen LogP contribution is 2.42. The Bertz CT molecular complexity index is 1180. The second kappa shape index (κ2) is 10.7. The minimum atomic E-state index is -0.309. The lowest BCUT2D eigenvalue weighted by Gasteiger charge is -2.43. The van der Waals surface area contributed by atoms with Crippen LogP contribution in [0.3, 0.4) is 0 Å². The van der Waals surface area contributed by atoms with Gasteiger partial charge in [0.05, 0.1) is 19.1 Å². The van der Waals surface area contributed by atoms with Crippen LogP contribution >= 0.6 is 0 Å². The maximum absolute atomic E-state index is 14.0. The average Bonchev–Trinajstić information content (AvgIpc) is 3.36. The molecule has 3 heterocycles. The number of nitrogens with zero attached hydrogens (tertiary/aromatic N) is 3. The number of oxazole rings is 1. The molecule has 0 N–H and O–H groups in total. The Morgan fingerprint density at radius 2 is 1.83 bits per heavy atom. The third kappa shape index (κ3) is 4.71. The van der Waals surface area contributed by atoms with E-state index in [-0.39, 0.29) is 29.7 Å². The zero-order chi connectivity index (χ0) is 25.1. The molecule has 36 heavy (non-hydrogen) atoms. The van der Waals surface area contributed by atoms with E-state index in [1.165, 1.54) is 0 Å². The number of para-hydroxylation sites is 3. The minimum absolute atomic E-state index is 0.123. The maximum atomic E-state index is 14.0. The standard InChI is InChI=1S/C29H35N3O4/c1-3-4-17-32-26(33)14-13-22(27(32)21-9-5-7-11-24(21)35-2)29(34)31-18-15-20(16-19-31)28-30-23-10-6-8-12-25(23)36-28/h5-12,20,22,27H,3-4,13-19H2,1-2H3. The van der Waals surface area contributed by atoms with E-state index < -0.39 is 0 Å². The highest BCUT2D eigenvalue weighted by molar-refractivity contribution is 5.85. The van der Waals surface area contributed by atoms with Crippen molar-refractivity contribution in [1.29, 1.82) is 0 Å². The molecule has 3 aromatic rings. The molecular weight excluding hydrogens is 454 g/mol. The molecule has 7 nitrogen and oxygen atoms in total. The molecule has 2 amide bonds. The molecule has 7 heteroatoms. The normalized spacial score (nSPS) is 21.2. The number of carbonyl (C=O) groups excluding carboxylic acids is 2. The van der Waals surface area contributed by atoms with Gasteiger partial charge in [-0.1, -0.05) is 43.7 Å².